The number of aromatic nitrogens is 4. The highest BCUT2D eigenvalue weighted by molar-refractivity contribution is 6.08. The zero-order chi connectivity index (χ0) is 27.7. The summed E-state index contributed by atoms with van der Waals surface area (Å²) in [5.41, 5.74) is 7.31. The van der Waals surface area contributed by atoms with Gasteiger partial charge in [0.1, 0.15) is 5.75 Å². The second kappa shape index (κ2) is 10.4. The van der Waals surface area contributed by atoms with Gasteiger partial charge in [-0.3, -0.25) is 9.78 Å². The molecule has 2 N–H and O–H groups in total. The van der Waals surface area contributed by atoms with Gasteiger partial charge in [-0.05, 0) is 86.3 Å². The van der Waals surface area contributed by atoms with Crippen molar-refractivity contribution in [2.75, 3.05) is 6.61 Å². The van der Waals surface area contributed by atoms with Crippen LogP contribution in [0.4, 0.5) is 0 Å². The number of nitrogens with zero attached hydrogens (tertiary/aromatic N) is 4. The minimum Gasteiger partial charge on any atom is -0.493 e. The summed E-state index contributed by atoms with van der Waals surface area (Å²) in [7, 11) is 0. The molecule has 0 amide bonds. The van der Waals surface area contributed by atoms with Crippen LogP contribution in [0.15, 0.2) is 61.1 Å². The van der Waals surface area contributed by atoms with Crippen molar-refractivity contribution in [1.82, 2.24) is 20.2 Å². The van der Waals surface area contributed by atoms with E-state index in [0.717, 1.165) is 67.5 Å². The predicted octanol–water partition coefficient (Wildman–Crippen LogP) is 5.55. The predicted molar refractivity (Wildman–Crippen MR) is 151 cm³/mol. The average molecular weight is 523 g/mol. The summed E-state index contributed by atoms with van der Waals surface area (Å²) in [4.78, 5) is 21.5. The van der Waals surface area contributed by atoms with Gasteiger partial charge in [-0.1, -0.05) is 6.07 Å². The van der Waals surface area contributed by atoms with Gasteiger partial charge in [0.25, 0.3) is 0 Å². The Morgan fingerprint density at radius 2 is 1.85 bits per heavy atom. The molecule has 0 unspecified atom stereocenters. The lowest BCUT2D eigenvalue weighted by Crippen LogP contribution is -2.10. The van der Waals surface area contributed by atoms with Gasteiger partial charge in [0.2, 0.25) is 0 Å². The van der Waals surface area contributed by atoms with Crippen molar-refractivity contribution in [3.8, 4) is 28.1 Å². The molecule has 0 spiro atoms. The van der Waals surface area contributed by atoms with Crippen molar-refractivity contribution in [3.05, 3.63) is 77.7 Å². The Morgan fingerprint density at radius 1 is 1.05 bits per heavy atom. The fraction of sp³-hybridized carbons (Fsp3) is 0.258. The largest absolute Gasteiger partial charge is 0.493 e. The molecule has 5 aromatic rings. The van der Waals surface area contributed by atoms with Crippen LogP contribution in [0, 0.1) is 6.92 Å². The van der Waals surface area contributed by atoms with E-state index in [1.807, 2.05) is 55.6 Å². The molecule has 0 saturated carbocycles. The topological polar surface area (TPSA) is 118 Å². The maximum Gasteiger partial charge on any atom is 0.307 e. The third-order valence-electron chi connectivity index (χ3n) is 6.37. The number of benzene rings is 2. The first-order valence-electron chi connectivity index (χ1n) is 12.8. The molecule has 0 aliphatic carbocycles. The molecule has 2 aromatic carbocycles. The number of hydrogen-bond acceptors (Lipinski definition) is 7. The molecule has 0 fully saturated rings. The van der Waals surface area contributed by atoms with E-state index in [1.165, 1.54) is 5.56 Å². The standard InChI is InChI=1S/C27H20N4O3.C4H10O/c1-15-12-22-18(2-4-21(31-22)17-7-10-29-30-14-17)26(20(15)13-24(32)33)19-3-5-23-25-16(8-11-34-23)6-9-28-27(19)25;1-4(2,3)5/h2-7,9-10,12,14H,8,11,13H2,1H3,(H,32,33);5H,1-3H3. The molecule has 8 heteroatoms. The highest BCUT2D eigenvalue weighted by Crippen LogP contribution is 2.42. The number of carbonyl (C=O) groups is 1. The molecule has 3 aromatic heterocycles. The summed E-state index contributed by atoms with van der Waals surface area (Å²) in [6.07, 6.45) is 5.86. The van der Waals surface area contributed by atoms with Crippen LogP contribution >= 0.6 is 0 Å². The van der Waals surface area contributed by atoms with Crippen molar-refractivity contribution in [3.63, 3.8) is 0 Å². The lowest BCUT2D eigenvalue weighted by molar-refractivity contribution is -0.136. The molecule has 39 heavy (non-hydrogen) atoms. The second-order valence-electron chi connectivity index (χ2n) is 10.6. The fourth-order valence-electron chi connectivity index (χ4n) is 4.84. The van der Waals surface area contributed by atoms with Crippen LogP contribution in [0.2, 0.25) is 0 Å². The van der Waals surface area contributed by atoms with E-state index in [2.05, 4.69) is 10.2 Å². The number of carboxylic acid groups (broad SMARTS) is 1. The summed E-state index contributed by atoms with van der Waals surface area (Å²) >= 11 is 0. The van der Waals surface area contributed by atoms with Crippen LogP contribution in [-0.4, -0.2) is 48.6 Å². The molecule has 1 aliphatic rings. The van der Waals surface area contributed by atoms with E-state index in [-0.39, 0.29) is 6.42 Å². The maximum absolute atomic E-state index is 11.8. The molecule has 6 rings (SSSR count). The van der Waals surface area contributed by atoms with E-state index < -0.39 is 11.6 Å². The first-order valence-corrected chi connectivity index (χ1v) is 12.8. The normalized spacial score (nSPS) is 12.5. The number of rotatable bonds is 4. The second-order valence-corrected chi connectivity index (χ2v) is 10.6. The van der Waals surface area contributed by atoms with Gasteiger partial charge in [-0.15, -0.1) is 0 Å². The van der Waals surface area contributed by atoms with E-state index in [9.17, 15) is 9.90 Å². The summed E-state index contributed by atoms with van der Waals surface area (Å²) < 4.78 is 5.90. The Labute approximate surface area is 226 Å². The highest BCUT2D eigenvalue weighted by Gasteiger charge is 2.22. The van der Waals surface area contributed by atoms with Gasteiger partial charge in [0.15, 0.2) is 0 Å². The Kier molecular flexibility index (Phi) is 6.97. The number of ether oxygens (including phenoxy) is 1. The Hall–Kier alpha value is -4.43. The molecular formula is C31H30N4O4. The SMILES string of the molecule is CC(C)(C)O.Cc1cc2nc(-c3ccnnc3)ccc2c(-c2ccc3c4c(ccnc24)CCO3)c1CC(=O)O. The maximum atomic E-state index is 11.8. The Bertz CT molecular complexity index is 1680. The fourth-order valence-corrected chi connectivity index (χ4v) is 4.84. The highest BCUT2D eigenvalue weighted by atomic mass is 16.5. The van der Waals surface area contributed by atoms with Crippen molar-refractivity contribution in [2.24, 2.45) is 0 Å². The monoisotopic (exact) mass is 522 g/mol. The van der Waals surface area contributed by atoms with Crippen LogP contribution in [0.25, 0.3) is 44.2 Å². The smallest absolute Gasteiger partial charge is 0.307 e. The van der Waals surface area contributed by atoms with E-state index in [0.29, 0.717) is 6.61 Å². The zero-order valence-electron chi connectivity index (χ0n) is 22.4. The lowest BCUT2D eigenvalue weighted by atomic mass is 9.87. The first-order chi connectivity index (χ1) is 18.6. The van der Waals surface area contributed by atoms with Crippen molar-refractivity contribution in [1.29, 1.82) is 0 Å². The van der Waals surface area contributed by atoms with Crippen LogP contribution in [0.1, 0.15) is 37.5 Å². The number of pyridine rings is 2. The van der Waals surface area contributed by atoms with Crippen molar-refractivity contribution < 1.29 is 19.7 Å². The average Bonchev–Trinajstić information content (AvgIpc) is 2.89. The molecule has 0 bridgehead atoms. The number of aryl methyl sites for hydroxylation is 1. The lowest BCUT2D eigenvalue weighted by Gasteiger charge is -2.21. The summed E-state index contributed by atoms with van der Waals surface area (Å²) in [6, 6.07) is 13.7. The summed E-state index contributed by atoms with van der Waals surface area (Å²) in [5.74, 6) is -0.0643. The van der Waals surface area contributed by atoms with Gasteiger partial charge >= 0.3 is 5.97 Å². The summed E-state index contributed by atoms with van der Waals surface area (Å²) in [5, 5.41) is 27.9. The van der Waals surface area contributed by atoms with Crippen LogP contribution in [0.3, 0.4) is 0 Å². The quantitative estimate of drug-likeness (QED) is 0.315. The minimum atomic E-state index is -0.879. The number of carboxylic acids is 1. The Balaban J connectivity index is 0.000000567. The van der Waals surface area contributed by atoms with E-state index >= 15 is 0 Å². The zero-order valence-corrected chi connectivity index (χ0v) is 22.4. The molecule has 4 heterocycles. The third kappa shape index (κ3) is 5.56. The molecule has 0 atom stereocenters. The molecule has 198 valence electrons. The van der Waals surface area contributed by atoms with Gasteiger partial charge in [-0.2, -0.15) is 10.2 Å². The van der Waals surface area contributed by atoms with Crippen molar-refractivity contribution in [2.45, 2.75) is 46.1 Å². The van der Waals surface area contributed by atoms with Gasteiger partial charge < -0.3 is 14.9 Å². The molecule has 0 saturated heterocycles. The number of fused-ring (bicyclic) bond motifs is 1. The number of aliphatic carboxylic acids is 1. The van der Waals surface area contributed by atoms with Crippen LogP contribution < -0.4 is 4.74 Å². The minimum absolute atomic E-state index is 0.0907. The number of aliphatic hydroxyl groups is 1. The third-order valence-corrected chi connectivity index (χ3v) is 6.37. The Morgan fingerprint density at radius 3 is 2.56 bits per heavy atom. The molecular weight excluding hydrogens is 492 g/mol. The molecule has 8 nitrogen and oxygen atoms in total. The van der Waals surface area contributed by atoms with Gasteiger partial charge in [-0.25, -0.2) is 4.98 Å². The summed E-state index contributed by atoms with van der Waals surface area (Å²) in [6.45, 7) is 7.80. The molecule has 1 aliphatic heterocycles. The van der Waals surface area contributed by atoms with Crippen molar-refractivity contribution >= 4 is 27.8 Å². The molecule has 0 radical (unpaired) electrons. The first kappa shape index (κ1) is 26.2. The van der Waals surface area contributed by atoms with Crippen LogP contribution in [0.5, 0.6) is 5.75 Å². The van der Waals surface area contributed by atoms with Crippen LogP contribution in [-0.2, 0) is 17.6 Å². The number of hydrogen-bond donors (Lipinski definition) is 2. The van der Waals surface area contributed by atoms with E-state index in [1.54, 1.807) is 33.2 Å². The van der Waals surface area contributed by atoms with Gasteiger partial charge in [0.05, 0.1) is 47.7 Å². The van der Waals surface area contributed by atoms with E-state index in [4.69, 9.17) is 19.8 Å². The van der Waals surface area contributed by atoms with Gasteiger partial charge in [0, 0.05) is 34.5 Å².